The van der Waals surface area contributed by atoms with Gasteiger partial charge < -0.3 is 0 Å². The number of benzene rings is 1. The molecule has 0 saturated heterocycles. The van der Waals surface area contributed by atoms with Crippen molar-refractivity contribution in [2.75, 3.05) is 5.88 Å². The van der Waals surface area contributed by atoms with E-state index in [9.17, 15) is 0 Å². The smallest absolute Gasteiger partial charge is 0.0259 e. The molecule has 1 rings (SSSR count). The van der Waals surface area contributed by atoms with E-state index in [0.717, 1.165) is 12.3 Å². The lowest BCUT2D eigenvalue weighted by atomic mass is 9.78. The van der Waals surface area contributed by atoms with Crippen molar-refractivity contribution in [3.05, 3.63) is 35.4 Å². The van der Waals surface area contributed by atoms with E-state index in [4.69, 9.17) is 11.6 Å². The lowest BCUT2D eigenvalue weighted by Gasteiger charge is -2.29. The first-order chi connectivity index (χ1) is 6.93. The second-order valence-electron chi connectivity index (χ2n) is 5.41. The third-order valence-corrected chi connectivity index (χ3v) is 3.35. The summed E-state index contributed by atoms with van der Waals surface area (Å²) in [4.78, 5) is 0. The van der Waals surface area contributed by atoms with Gasteiger partial charge in [-0.25, -0.2) is 0 Å². The summed E-state index contributed by atoms with van der Waals surface area (Å²) in [5.41, 5.74) is 3.01. The van der Waals surface area contributed by atoms with Gasteiger partial charge in [0.1, 0.15) is 0 Å². The van der Waals surface area contributed by atoms with Crippen LogP contribution in [0.3, 0.4) is 0 Å². The largest absolute Gasteiger partial charge is 0.126 e. The SMILES string of the molecule is Cc1cccc(CC(CCl)C(C)(C)C)c1. The van der Waals surface area contributed by atoms with E-state index in [1.807, 2.05) is 0 Å². The highest BCUT2D eigenvalue weighted by Gasteiger charge is 2.23. The lowest BCUT2D eigenvalue weighted by molar-refractivity contribution is 0.264. The molecule has 0 nitrogen and oxygen atoms in total. The van der Waals surface area contributed by atoms with Crippen LogP contribution < -0.4 is 0 Å². The summed E-state index contributed by atoms with van der Waals surface area (Å²) in [5.74, 6) is 1.28. The molecule has 1 atom stereocenters. The van der Waals surface area contributed by atoms with Gasteiger partial charge in [0, 0.05) is 5.88 Å². The molecule has 0 fully saturated rings. The fraction of sp³-hybridized carbons (Fsp3) is 0.571. The van der Waals surface area contributed by atoms with Gasteiger partial charge in [-0.3, -0.25) is 0 Å². The van der Waals surface area contributed by atoms with Crippen LogP contribution in [0.5, 0.6) is 0 Å². The molecule has 1 aromatic rings. The van der Waals surface area contributed by atoms with Crippen molar-refractivity contribution in [2.24, 2.45) is 11.3 Å². The molecule has 0 aliphatic heterocycles. The van der Waals surface area contributed by atoms with Crippen molar-refractivity contribution >= 4 is 11.6 Å². The minimum absolute atomic E-state index is 0.283. The molecular weight excluding hydrogens is 204 g/mol. The van der Waals surface area contributed by atoms with Crippen LogP contribution in [-0.4, -0.2) is 5.88 Å². The molecule has 15 heavy (non-hydrogen) atoms. The van der Waals surface area contributed by atoms with Crippen molar-refractivity contribution < 1.29 is 0 Å². The molecule has 0 amide bonds. The normalized spacial score (nSPS) is 13.9. The highest BCUT2D eigenvalue weighted by atomic mass is 35.5. The summed E-state index contributed by atoms with van der Waals surface area (Å²) in [5, 5.41) is 0. The maximum Gasteiger partial charge on any atom is 0.0259 e. The first-order valence-corrected chi connectivity index (χ1v) is 6.08. The monoisotopic (exact) mass is 224 g/mol. The van der Waals surface area contributed by atoms with Gasteiger partial charge >= 0.3 is 0 Å². The molecule has 0 aromatic heterocycles. The molecule has 0 saturated carbocycles. The van der Waals surface area contributed by atoms with Crippen LogP contribution in [0.2, 0.25) is 0 Å². The zero-order valence-corrected chi connectivity index (χ0v) is 10.9. The summed E-state index contributed by atoms with van der Waals surface area (Å²) in [6, 6.07) is 8.71. The van der Waals surface area contributed by atoms with Gasteiger partial charge in [-0.05, 0) is 30.2 Å². The Morgan fingerprint density at radius 3 is 2.40 bits per heavy atom. The number of halogens is 1. The quantitative estimate of drug-likeness (QED) is 0.666. The van der Waals surface area contributed by atoms with Crippen LogP contribution in [0.1, 0.15) is 31.9 Å². The zero-order valence-electron chi connectivity index (χ0n) is 10.2. The maximum atomic E-state index is 6.04. The first-order valence-electron chi connectivity index (χ1n) is 5.55. The van der Waals surface area contributed by atoms with Gasteiger partial charge in [0.25, 0.3) is 0 Å². The van der Waals surface area contributed by atoms with Crippen LogP contribution in [0.4, 0.5) is 0 Å². The molecule has 84 valence electrons. The summed E-state index contributed by atoms with van der Waals surface area (Å²) in [6.45, 7) is 8.91. The van der Waals surface area contributed by atoms with Crippen LogP contribution in [0.25, 0.3) is 0 Å². The Morgan fingerprint density at radius 1 is 1.27 bits per heavy atom. The first kappa shape index (κ1) is 12.6. The van der Waals surface area contributed by atoms with E-state index < -0.39 is 0 Å². The molecular formula is C14H21Cl. The van der Waals surface area contributed by atoms with Crippen molar-refractivity contribution in [3.8, 4) is 0 Å². The van der Waals surface area contributed by atoms with Crippen LogP contribution in [-0.2, 0) is 6.42 Å². The molecule has 0 radical (unpaired) electrons. The average molecular weight is 225 g/mol. The zero-order chi connectivity index (χ0) is 11.5. The maximum absolute atomic E-state index is 6.04. The minimum atomic E-state index is 0.283. The van der Waals surface area contributed by atoms with Gasteiger partial charge in [0.15, 0.2) is 0 Å². The molecule has 0 spiro atoms. The second kappa shape index (κ2) is 5.03. The van der Waals surface area contributed by atoms with Gasteiger partial charge in [0.05, 0.1) is 0 Å². The predicted octanol–water partition coefficient (Wildman–Crippen LogP) is 4.44. The number of rotatable bonds is 3. The van der Waals surface area contributed by atoms with Crippen LogP contribution >= 0.6 is 11.6 Å². The van der Waals surface area contributed by atoms with E-state index in [1.165, 1.54) is 11.1 Å². The lowest BCUT2D eigenvalue weighted by Crippen LogP contribution is -2.24. The summed E-state index contributed by atoms with van der Waals surface area (Å²) in [6.07, 6.45) is 1.08. The minimum Gasteiger partial charge on any atom is -0.126 e. The molecule has 0 bridgehead atoms. The van der Waals surface area contributed by atoms with E-state index >= 15 is 0 Å². The Morgan fingerprint density at radius 2 is 1.93 bits per heavy atom. The second-order valence-corrected chi connectivity index (χ2v) is 5.72. The number of hydrogen-bond acceptors (Lipinski definition) is 0. The van der Waals surface area contributed by atoms with E-state index in [0.29, 0.717) is 5.92 Å². The number of hydrogen-bond donors (Lipinski definition) is 0. The van der Waals surface area contributed by atoms with E-state index in [1.54, 1.807) is 0 Å². The molecule has 0 aliphatic carbocycles. The fourth-order valence-corrected chi connectivity index (χ4v) is 2.29. The number of alkyl halides is 1. The van der Waals surface area contributed by atoms with Gasteiger partial charge in [0.2, 0.25) is 0 Å². The van der Waals surface area contributed by atoms with Crippen molar-refractivity contribution in [3.63, 3.8) is 0 Å². The van der Waals surface area contributed by atoms with Gasteiger partial charge in [-0.2, -0.15) is 0 Å². The average Bonchev–Trinajstić information content (AvgIpc) is 2.12. The third kappa shape index (κ3) is 3.87. The van der Waals surface area contributed by atoms with Gasteiger partial charge in [-0.15, -0.1) is 11.6 Å². The standard InChI is InChI=1S/C14H21Cl/c1-11-6-5-7-12(8-11)9-13(10-15)14(2,3)4/h5-8,13H,9-10H2,1-4H3. The highest BCUT2D eigenvalue weighted by Crippen LogP contribution is 2.30. The van der Waals surface area contributed by atoms with Crippen LogP contribution in [0, 0.1) is 18.3 Å². The Bertz CT molecular complexity index is 309. The number of aryl methyl sites for hydroxylation is 1. The topological polar surface area (TPSA) is 0 Å². The highest BCUT2D eigenvalue weighted by molar-refractivity contribution is 6.18. The Kier molecular flexibility index (Phi) is 4.21. The molecule has 1 heteroatoms. The molecule has 0 heterocycles. The van der Waals surface area contributed by atoms with Crippen molar-refractivity contribution in [1.82, 2.24) is 0 Å². The molecule has 1 unspecified atom stereocenters. The van der Waals surface area contributed by atoms with Crippen LogP contribution in [0.15, 0.2) is 24.3 Å². The van der Waals surface area contributed by atoms with Crippen molar-refractivity contribution in [1.29, 1.82) is 0 Å². The van der Waals surface area contributed by atoms with E-state index in [-0.39, 0.29) is 5.41 Å². The van der Waals surface area contributed by atoms with Crippen molar-refractivity contribution in [2.45, 2.75) is 34.1 Å². The third-order valence-electron chi connectivity index (χ3n) is 2.98. The summed E-state index contributed by atoms with van der Waals surface area (Å²) < 4.78 is 0. The molecule has 0 aliphatic rings. The predicted molar refractivity (Wildman–Crippen MR) is 68.5 cm³/mol. The summed E-state index contributed by atoms with van der Waals surface area (Å²) >= 11 is 6.04. The van der Waals surface area contributed by atoms with Gasteiger partial charge in [-0.1, -0.05) is 50.6 Å². The Hall–Kier alpha value is -0.490. The van der Waals surface area contributed by atoms with E-state index in [2.05, 4.69) is 52.0 Å². The Balaban J connectivity index is 2.76. The molecule has 1 aromatic carbocycles. The fourth-order valence-electron chi connectivity index (χ4n) is 1.72. The molecule has 0 N–H and O–H groups in total. The Labute approximate surface area is 98.7 Å². The summed E-state index contributed by atoms with van der Waals surface area (Å²) in [7, 11) is 0.